The average Bonchev–Trinajstić information content (AvgIpc) is 3.35. The van der Waals surface area contributed by atoms with Gasteiger partial charge in [0.25, 0.3) is 0 Å². The summed E-state index contributed by atoms with van der Waals surface area (Å²) in [7, 11) is 0. The number of carbonyl (C=O) groups is 2. The van der Waals surface area contributed by atoms with E-state index < -0.39 is 5.92 Å². The predicted octanol–water partition coefficient (Wildman–Crippen LogP) is 3.19. The van der Waals surface area contributed by atoms with E-state index in [9.17, 15) is 14.4 Å². The zero-order valence-electron chi connectivity index (χ0n) is 17.5. The minimum Gasteiger partial charge on any atom is -0.325 e. The summed E-state index contributed by atoms with van der Waals surface area (Å²) in [6.07, 6.45) is 2.10. The van der Waals surface area contributed by atoms with Crippen LogP contribution in [-0.4, -0.2) is 32.5 Å². The summed E-state index contributed by atoms with van der Waals surface area (Å²) in [5.41, 5.74) is 2.42. The van der Waals surface area contributed by atoms with Crippen LogP contribution >= 0.6 is 11.6 Å². The normalized spacial score (nSPS) is 15.8. The molecule has 0 bridgehead atoms. The second-order valence-corrected chi connectivity index (χ2v) is 8.30. The Kier molecular flexibility index (Phi) is 5.43. The van der Waals surface area contributed by atoms with Gasteiger partial charge in [-0.25, -0.2) is 9.48 Å². The van der Waals surface area contributed by atoms with E-state index >= 15 is 0 Å². The van der Waals surface area contributed by atoms with E-state index in [0.717, 1.165) is 11.3 Å². The number of pyridine rings is 1. The molecule has 2 amide bonds. The summed E-state index contributed by atoms with van der Waals surface area (Å²) >= 11 is 5.93. The number of halogens is 1. The van der Waals surface area contributed by atoms with Gasteiger partial charge in [-0.3, -0.25) is 14.0 Å². The number of hydrogen-bond donors (Lipinski definition) is 1. The fourth-order valence-corrected chi connectivity index (χ4v) is 4.15. The molecule has 1 fully saturated rings. The minimum absolute atomic E-state index is 0.234. The van der Waals surface area contributed by atoms with Crippen LogP contribution in [0.5, 0.6) is 0 Å². The monoisotopic (exact) mass is 461 g/mol. The second kappa shape index (κ2) is 8.55. The van der Waals surface area contributed by atoms with Crippen molar-refractivity contribution >= 4 is 40.4 Å². The zero-order chi connectivity index (χ0) is 22.9. The maximum absolute atomic E-state index is 12.8. The Morgan fingerprint density at radius 1 is 1.06 bits per heavy atom. The molecule has 2 aromatic carbocycles. The standard InChI is InChI=1S/C24H20ClN5O3/c25-17-7-9-19(10-8-17)28-13-11-20(23(28)32)22(31)26-18-5-3-4-16(14-18)15-30-24(33)29-12-2-1-6-21(29)27-30/h1-10,12,14,20H,11,13,15H2,(H,26,31). The molecular formula is C24H20ClN5O3. The number of anilines is 2. The SMILES string of the molecule is O=C(Nc1cccc(Cn2nc3ccccn3c2=O)c1)C1CCN(c2ccc(Cl)cc2)C1=O. The van der Waals surface area contributed by atoms with Crippen molar-refractivity contribution in [1.82, 2.24) is 14.2 Å². The lowest BCUT2D eigenvalue weighted by molar-refractivity contribution is -0.129. The number of aromatic nitrogens is 3. The van der Waals surface area contributed by atoms with Gasteiger partial charge in [0.05, 0.1) is 6.54 Å². The van der Waals surface area contributed by atoms with Gasteiger partial charge in [0.1, 0.15) is 5.92 Å². The van der Waals surface area contributed by atoms with Crippen LogP contribution < -0.4 is 15.9 Å². The van der Waals surface area contributed by atoms with Crippen LogP contribution in [0.1, 0.15) is 12.0 Å². The van der Waals surface area contributed by atoms with Crippen molar-refractivity contribution in [3.8, 4) is 0 Å². The van der Waals surface area contributed by atoms with Gasteiger partial charge in [-0.05, 0) is 60.5 Å². The molecule has 1 saturated heterocycles. The van der Waals surface area contributed by atoms with Crippen molar-refractivity contribution in [2.75, 3.05) is 16.8 Å². The van der Waals surface area contributed by atoms with Gasteiger partial charge in [-0.1, -0.05) is 29.8 Å². The number of carbonyl (C=O) groups excluding carboxylic acids is 2. The fourth-order valence-electron chi connectivity index (χ4n) is 4.02. The molecule has 9 heteroatoms. The number of nitrogens with zero attached hydrogens (tertiary/aromatic N) is 4. The Labute approximate surface area is 194 Å². The van der Waals surface area contributed by atoms with Crippen molar-refractivity contribution in [2.24, 2.45) is 5.92 Å². The summed E-state index contributed by atoms with van der Waals surface area (Å²) in [5.74, 6) is -1.34. The number of benzene rings is 2. The van der Waals surface area contributed by atoms with Crippen molar-refractivity contribution < 1.29 is 9.59 Å². The highest BCUT2D eigenvalue weighted by molar-refractivity contribution is 6.30. The maximum Gasteiger partial charge on any atom is 0.350 e. The van der Waals surface area contributed by atoms with Crippen molar-refractivity contribution in [2.45, 2.75) is 13.0 Å². The van der Waals surface area contributed by atoms with Crippen molar-refractivity contribution in [1.29, 1.82) is 0 Å². The highest BCUT2D eigenvalue weighted by atomic mass is 35.5. The van der Waals surface area contributed by atoms with E-state index in [1.54, 1.807) is 65.7 Å². The summed E-state index contributed by atoms with van der Waals surface area (Å²) in [6.45, 7) is 0.728. The van der Waals surface area contributed by atoms with Gasteiger partial charge < -0.3 is 10.2 Å². The van der Waals surface area contributed by atoms with Crippen LogP contribution in [0.4, 0.5) is 11.4 Å². The highest BCUT2D eigenvalue weighted by Crippen LogP contribution is 2.27. The van der Waals surface area contributed by atoms with E-state index in [2.05, 4.69) is 10.4 Å². The van der Waals surface area contributed by atoms with E-state index in [0.29, 0.717) is 29.3 Å². The first-order chi connectivity index (χ1) is 16.0. The molecule has 0 radical (unpaired) electrons. The first kappa shape index (κ1) is 21.0. The number of hydrogen-bond acceptors (Lipinski definition) is 4. The smallest absolute Gasteiger partial charge is 0.325 e. The number of fused-ring (bicyclic) bond motifs is 1. The lowest BCUT2D eigenvalue weighted by Gasteiger charge is -2.17. The summed E-state index contributed by atoms with van der Waals surface area (Å²) in [5, 5.41) is 7.77. The predicted molar refractivity (Wildman–Crippen MR) is 126 cm³/mol. The Balaban J connectivity index is 1.29. The topological polar surface area (TPSA) is 88.7 Å². The maximum atomic E-state index is 12.8. The molecule has 1 aliphatic heterocycles. The summed E-state index contributed by atoms with van der Waals surface area (Å²) < 4.78 is 2.85. The third-order valence-electron chi connectivity index (χ3n) is 5.68. The van der Waals surface area contributed by atoms with Crippen LogP contribution in [0, 0.1) is 5.92 Å². The van der Waals surface area contributed by atoms with Crippen LogP contribution in [-0.2, 0) is 16.1 Å². The highest BCUT2D eigenvalue weighted by Gasteiger charge is 2.37. The molecular weight excluding hydrogens is 442 g/mol. The third kappa shape index (κ3) is 4.12. The van der Waals surface area contributed by atoms with Crippen LogP contribution in [0.3, 0.4) is 0 Å². The average molecular weight is 462 g/mol. The first-order valence-electron chi connectivity index (χ1n) is 10.5. The van der Waals surface area contributed by atoms with E-state index in [4.69, 9.17) is 11.6 Å². The molecule has 1 unspecified atom stereocenters. The largest absolute Gasteiger partial charge is 0.350 e. The Bertz CT molecular complexity index is 1410. The quantitative estimate of drug-likeness (QED) is 0.462. The van der Waals surface area contributed by atoms with E-state index in [-0.39, 0.29) is 24.0 Å². The van der Waals surface area contributed by atoms with Gasteiger partial charge in [-0.2, -0.15) is 0 Å². The number of amides is 2. The molecule has 0 aliphatic carbocycles. The van der Waals surface area contributed by atoms with Gasteiger partial charge in [0.2, 0.25) is 11.8 Å². The van der Waals surface area contributed by atoms with Crippen molar-refractivity contribution in [3.63, 3.8) is 0 Å². The third-order valence-corrected chi connectivity index (χ3v) is 5.93. The number of rotatable bonds is 5. The first-order valence-corrected chi connectivity index (χ1v) is 10.9. The molecule has 1 atom stereocenters. The minimum atomic E-state index is -0.759. The second-order valence-electron chi connectivity index (χ2n) is 7.87. The molecule has 5 rings (SSSR count). The molecule has 3 heterocycles. The van der Waals surface area contributed by atoms with Gasteiger partial charge in [0.15, 0.2) is 5.65 Å². The molecule has 2 aromatic heterocycles. The molecule has 1 N–H and O–H groups in total. The Morgan fingerprint density at radius 2 is 1.88 bits per heavy atom. The van der Waals surface area contributed by atoms with Gasteiger partial charge in [-0.15, -0.1) is 5.10 Å². The molecule has 166 valence electrons. The zero-order valence-corrected chi connectivity index (χ0v) is 18.3. The molecule has 33 heavy (non-hydrogen) atoms. The molecule has 0 spiro atoms. The summed E-state index contributed by atoms with van der Waals surface area (Å²) in [6, 6.07) is 19.5. The summed E-state index contributed by atoms with van der Waals surface area (Å²) in [4.78, 5) is 39.8. The van der Waals surface area contributed by atoms with Crippen molar-refractivity contribution in [3.05, 3.63) is 94.0 Å². The molecule has 0 saturated carbocycles. The molecule has 8 nitrogen and oxygen atoms in total. The van der Waals surface area contributed by atoms with E-state index in [1.165, 1.54) is 9.08 Å². The Morgan fingerprint density at radius 3 is 2.67 bits per heavy atom. The molecule has 4 aromatic rings. The van der Waals surface area contributed by atoms with Gasteiger partial charge in [0, 0.05) is 29.1 Å². The van der Waals surface area contributed by atoms with Crippen LogP contribution in [0.15, 0.2) is 77.7 Å². The Hall–Kier alpha value is -3.91. The lowest BCUT2D eigenvalue weighted by Crippen LogP contribution is -2.33. The fraction of sp³-hybridized carbons (Fsp3) is 0.167. The van der Waals surface area contributed by atoms with Crippen LogP contribution in [0.2, 0.25) is 5.02 Å². The van der Waals surface area contributed by atoms with Gasteiger partial charge >= 0.3 is 5.69 Å². The molecule has 1 aliphatic rings. The van der Waals surface area contributed by atoms with E-state index in [1.807, 2.05) is 12.1 Å². The lowest BCUT2D eigenvalue weighted by atomic mass is 10.1. The van der Waals surface area contributed by atoms with Crippen LogP contribution in [0.25, 0.3) is 5.65 Å². The number of nitrogens with one attached hydrogen (secondary N) is 1.